The molecule has 0 atom stereocenters. The second-order valence-electron chi connectivity index (χ2n) is 4.43. The zero-order chi connectivity index (χ0) is 13.4. The number of rotatable bonds is 2. The first-order chi connectivity index (χ1) is 9.24. The average molecular weight is 267 g/mol. The largest absolute Gasteiger partial charge is 0.324 e. The SMILES string of the molecule is CCn1c(-c2sccc2C)nc2cc(C#N)ccc21. The van der Waals surface area contributed by atoms with Gasteiger partial charge in [0.15, 0.2) is 5.82 Å². The monoisotopic (exact) mass is 267 g/mol. The zero-order valence-electron chi connectivity index (χ0n) is 10.8. The number of aryl methyl sites for hydroxylation is 2. The smallest absolute Gasteiger partial charge is 0.151 e. The van der Waals surface area contributed by atoms with E-state index in [9.17, 15) is 0 Å². The first-order valence-corrected chi connectivity index (χ1v) is 7.07. The molecule has 0 unspecified atom stereocenters. The summed E-state index contributed by atoms with van der Waals surface area (Å²) in [5.74, 6) is 1.00. The van der Waals surface area contributed by atoms with Crippen LogP contribution in [-0.4, -0.2) is 9.55 Å². The molecule has 0 saturated carbocycles. The molecule has 3 aromatic rings. The average Bonchev–Trinajstić information content (AvgIpc) is 3.00. The fourth-order valence-electron chi connectivity index (χ4n) is 2.29. The van der Waals surface area contributed by atoms with Gasteiger partial charge in [0.2, 0.25) is 0 Å². The van der Waals surface area contributed by atoms with Crippen molar-refractivity contribution in [3.05, 3.63) is 40.8 Å². The maximum Gasteiger partial charge on any atom is 0.151 e. The van der Waals surface area contributed by atoms with Gasteiger partial charge < -0.3 is 4.57 Å². The third kappa shape index (κ3) is 1.83. The van der Waals surface area contributed by atoms with Crippen LogP contribution in [0.25, 0.3) is 21.7 Å². The third-order valence-electron chi connectivity index (χ3n) is 3.26. The van der Waals surface area contributed by atoms with Crippen LogP contribution in [0.1, 0.15) is 18.1 Å². The minimum Gasteiger partial charge on any atom is -0.324 e. The molecular formula is C15H13N3S. The van der Waals surface area contributed by atoms with Crippen molar-refractivity contribution in [3.8, 4) is 16.8 Å². The lowest BCUT2D eigenvalue weighted by Crippen LogP contribution is -1.96. The molecule has 2 aromatic heterocycles. The Morgan fingerprint density at radius 2 is 2.21 bits per heavy atom. The Hall–Kier alpha value is -2.12. The van der Waals surface area contributed by atoms with E-state index in [4.69, 9.17) is 10.2 Å². The molecule has 2 heterocycles. The number of hydrogen-bond donors (Lipinski definition) is 0. The maximum absolute atomic E-state index is 8.98. The molecule has 0 fully saturated rings. The summed E-state index contributed by atoms with van der Waals surface area (Å²) in [6, 6.07) is 9.96. The van der Waals surface area contributed by atoms with Crippen LogP contribution < -0.4 is 0 Å². The number of fused-ring (bicyclic) bond motifs is 1. The van der Waals surface area contributed by atoms with Gasteiger partial charge in [0.1, 0.15) is 0 Å². The van der Waals surface area contributed by atoms with Crippen molar-refractivity contribution < 1.29 is 0 Å². The highest BCUT2D eigenvalue weighted by molar-refractivity contribution is 7.13. The van der Waals surface area contributed by atoms with Gasteiger partial charge in [-0.05, 0) is 49.1 Å². The van der Waals surface area contributed by atoms with E-state index in [1.54, 1.807) is 11.3 Å². The molecule has 0 aliphatic carbocycles. The molecule has 0 amide bonds. The zero-order valence-corrected chi connectivity index (χ0v) is 11.7. The van der Waals surface area contributed by atoms with Crippen molar-refractivity contribution in [3.63, 3.8) is 0 Å². The molecule has 0 spiro atoms. The van der Waals surface area contributed by atoms with Gasteiger partial charge in [0, 0.05) is 6.54 Å². The van der Waals surface area contributed by atoms with Crippen LogP contribution in [0.2, 0.25) is 0 Å². The van der Waals surface area contributed by atoms with E-state index in [1.807, 2.05) is 18.2 Å². The summed E-state index contributed by atoms with van der Waals surface area (Å²) in [7, 11) is 0. The molecule has 3 nitrogen and oxygen atoms in total. The van der Waals surface area contributed by atoms with Crippen molar-refractivity contribution >= 4 is 22.4 Å². The Morgan fingerprint density at radius 1 is 1.37 bits per heavy atom. The third-order valence-corrected chi connectivity index (χ3v) is 4.27. The lowest BCUT2D eigenvalue weighted by molar-refractivity contribution is 0.797. The number of nitriles is 1. The highest BCUT2D eigenvalue weighted by Crippen LogP contribution is 2.31. The van der Waals surface area contributed by atoms with E-state index in [0.717, 1.165) is 23.4 Å². The van der Waals surface area contributed by atoms with E-state index >= 15 is 0 Å². The number of thiophene rings is 1. The molecular weight excluding hydrogens is 254 g/mol. The van der Waals surface area contributed by atoms with Crippen LogP contribution in [0.15, 0.2) is 29.6 Å². The van der Waals surface area contributed by atoms with E-state index in [0.29, 0.717) is 5.56 Å². The Bertz CT molecular complexity index is 789. The van der Waals surface area contributed by atoms with E-state index in [-0.39, 0.29) is 0 Å². The van der Waals surface area contributed by atoms with Crippen molar-refractivity contribution in [1.82, 2.24) is 9.55 Å². The molecule has 0 radical (unpaired) electrons. The summed E-state index contributed by atoms with van der Waals surface area (Å²) < 4.78 is 2.20. The molecule has 4 heteroatoms. The number of benzene rings is 1. The highest BCUT2D eigenvalue weighted by Gasteiger charge is 2.14. The molecule has 3 rings (SSSR count). The Labute approximate surface area is 115 Å². The predicted octanol–water partition coefficient (Wildman–Crippen LogP) is 3.96. The van der Waals surface area contributed by atoms with Crippen LogP contribution in [0.4, 0.5) is 0 Å². The molecule has 19 heavy (non-hydrogen) atoms. The van der Waals surface area contributed by atoms with E-state index in [1.165, 1.54) is 10.4 Å². The topological polar surface area (TPSA) is 41.6 Å². The van der Waals surface area contributed by atoms with Crippen LogP contribution in [-0.2, 0) is 6.54 Å². The summed E-state index contributed by atoms with van der Waals surface area (Å²) in [5, 5.41) is 11.1. The normalized spacial score (nSPS) is 10.8. The second-order valence-corrected chi connectivity index (χ2v) is 5.34. The fraction of sp³-hybridized carbons (Fsp3) is 0.200. The molecule has 0 N–H and O–H groups in total. The summed E-state index contributed by atoms with van der Waals surface area (Å²) in [6.07, 6.45) is 0. The van der Waals surface area contributed by atoms with Gasteiger partial charge in [0.05, 0.1) is 27.5 Å². The lowest BCUT2D eigenvalue weighted by Gasteiger charge is -2.05. The molecule has 0 saturated heterocycles. The Morgan fingerprint density at radius 3 is 2.84 bits per heavy atom. The second kappa shape index (κ2) is 4.52. The van der Waals surface area contributed by atoms with Gasteiger partial charge in [-0.25, -0.2) is 4.98 Å². The molecule has 94 valence electrons. The van der Waals surface area contributed by atoms with Gasteiger partial charge in [-0.15, -0.1) is 11.3 Å². The van der Waals surface area contributed by atoms with Crippen LogP contribution in [0.3, 0.4) is 0 Å². The van der Waals surface area contributed by atoms with Crippen molar-refractivity contribution in [2.24, 2.45) is 0 Å². The first-order valence-electron chi connectivity index (χ1n) is 6.19. The van der Waals surface area contributed by atoms with Crippen molar-refractivity contribution in [2.45, 2.75) is 20.4 Å². The Balaban J connectivity index is 2.31. The lowest BCUT2D eigenvalue weighted by atomic mass is 10.2. The van der Waals surface area contributed by atoms with Crippen molar-refractivity contribution in [1.29, 1.82) is 5.26 Å². The number of aromatic nitrogens is 2. The van der Waals surface area contributed by atoms with Crippen LogP contribution >= 0.6 is 11.3 Å². The number of nitrogens with zero attached hydrogens (tertiary/aromatic N) is 3. The summed E-state index contributed by atoms with van der Waals surface area (Å²) in [5.41, 5.74) is 3.88. The molecule has 0 bridgehead atoms. The van der Waals surface area contributed by atoms with E-state index < -0.39 is 0 Å². The fourth-order valence-corrected chi connectivity index (χ4v) is 3.22. The minimum absolute atomic E-state index is 0.655. The minimum atomic E-state index is 0.655. The molecule has 0 aliphatic heterocycles. The van der Waals surface area contributed by atoms with Crippen LogP contribution in [0, 0.1) is 18.3 Å². The Kier molecular flexibility index (Phi) is 2.84. The quantitative estimate of drug-likeness (QED) is 0.705. The molecule has 1 aromatic carbocycles. The molecule has 0 aliphatic rings. The van der Waals surface area contributed by atoms with Crippen LogP contribution in [0.5, 0.6) is 0 Å². The number of hydrogen-bond acceptors (Lipinski definition) is 3. The van der Waals surface area contributed by atoms with Gasteiger partial charge >= 0.3 is 0 Å². The van der Waals surface area contributed by atoms with Gasteiger partial charge in [0.25, 0.3) is 0 Å². The summed E-state index contributed by atoms with van der Waals surface area (Å²) >= 11 is 1.71. The standard InChI is InChI=1S/C15H13N3S/c1-3-18-13-5-4-11(9-16)8-12(13)17-15(18)14-10(2)6-7-19-14/h4-8H,3H2,1-2H3. The predicted molar refractivity (Wildman–Crippen MR) is 78.2 cm³/mol. The maximum atomic E-state index is 8.98. The first kappa shape index (κ1) is 11.9. The number of imidazole rings is 1. The summed E-state index contributed by atoms with van der Waals surface area (Å²) in [6.45, 7) is 5.09. The van der Waals surface area contributed by atoms with E-state index in [2.05, 4.69) is 35.9 Å². The van der Waals surface area contributed by atoms with Gasteiger partial charge in [-0.3, -0.25) is 0 Å². The highest BCUT2D eigenvalue weighted by atomic mass is 32.1. The summed E-state index contributed by atoms with van der Waals surface area (Å²) in [4.78, 5) is 5.92. The van der Waals surface area contributed by atoms with Crippen molar-refractivity contribution in [2.75, 3.05) is 0 Å². The van der Waals surface area contributed by atoms with Gasteiger partial charge in [-0.1, -0.05) is 0 Å². The van der Waals surface area contributed by atoms with Gasteiger partial charge in [-0.2, -0.15) is 5.26 Å².